The predicted molar refractivity (Wildman–Crippen MR) is 93.4 cm³/mol. The fourth-order valence-electron chi connectivity index (χ4n) is 2.86. The van der Waals surface area contributed by atoms with Gasteiger partial charge in [-0.3, -0.25) is 9.48 Å². The molecule has 0 bridgehead atoms. The van der Waals surface area contributed by atoms with Crippen LogP contribution in [-0.4, -0.2) is 15.7 Å². The number of rotatable bonds is 6. The van der Waals surface area contributed by atoms with E-state index in [1.165, 1.54) is 11.1 Å². The zero-order chi connectivity index (χ0) is 17.0. The minimum absolute atomic E-state index is 0.0319. The average molecular weight is 313 g/mol. The molecule has 0 aliphatic heterocycles. The number of hydrogen-bond donors (Lipinski definition) is 1. The lowest BCUT2D eigenvalue weighted by molar-refractivity contribution is -0.121. The number of nitrogens with one attached hydrogen (secondary N) is 1. The Labute approximate surface area is 138 Å². The maximum atomic E-state index is 12.2. The van der Waals surface area contributed by atoms with Crippen LogP contribution in [0.1, 0.15) is 54.4 Å². The van der Waals surface area contributed by atoms with Crippen molar-refractivity contribution in [2.24, 2.45) is 7.05 Å². The monoisotopic (exact) mass is 313 g/mol. The molecule has 2 aromatic rings. The van der Waals surface area contributed by atoms with Crippen molar-refractivity contribution in [3.63, 3.8) is 0 Å². The summed E-state index contributed by atoms with van der Waals surface area (Å²) >= 11 is 0. The van der Waals surface area contributed by atoms with E-state index in [9.17, 15) is 4.79 Å². The molecule has 1 N–H and O–H groups in total. The van der Waals surface area contributed by atoms with E-state index in [0.29, 0.717) is 6.42 Å². The van der Waals surface area contributed by atoms with E-state index in [2.05, 4.69) is 41.6 Å². The first-order chi connectivity index (χ1) is 10.9. The zero-order valence-electron chi connectivity index (χ0n) is 14.8. The summed E-state index contributed by atoms with van der Waals surface area (Å²) in [4.78, 5) is 12.2. The molecular weight excluding hydrogens is 286 g/mol. The van der Waals surface area contributed by atoms with Gasteiger partial charge in [0, 0.05) is 19.2 Å². The molecule has 1 unspecified atom stereocenters. The molecule has 23 heavy (non-hydrogen) atoms. The first kappa shape index (κ1) is 17.3. The summed E-state index contributed by atoms with van der Waals surface area (Å²) in [5.74, 6) is 0.0831. The highest BCUT2D eigenvalue weighted by atomic mass is 16.1. The number of benzene rings is 1. The Balaban J connectivity index is 1.91. The van der Waals surface area contributed by atoms with Crippen LogP contribution < -0.4 is 5.32 Å². The summed E-state index contributed by atoms with van der Waals surface area (Å²) in [5.41, 5.74) is 5.79. The van der Waals surface area contributed by atoms with Gasteiger partial charge in [0.2, 0.25) is 5.91 Å². The highest BCUT2D eigenvalue weighted by Gasteiger charge is 2.13. The number of aryl methyl sites for hydroxylation is 3. The van der Waals surface area contributed by atoms with Gasteiger partial charge in [0.1, 0.15) is 0 Å². The molecule has 1 amide bonds. The second-order valence-corrected chi connectivity index (χ2v) is 6.16. The molecule has 0 spiro atoms. The molecule has 0 radical (unpaired) electrons. The first-order valence-corrected chi connectivity index (χ1v) is 8.29. The number of hydrogen-bond acceptors (Lipinski definition) is 2. The molecule has 0 saturated heterocycles. The third-order valence-electron chi connectivity index (χ3n) is 4.53. The molecule has 0 saturated carbocycles. The molecule has 2 rings (SSSR count). The molecule has 1 aromatic carbocycles. The first-order valence-electron chi connectivity index (χ1n) is 8.29. The third kappa shape index (κ3) is 4.21. The van der Waals surface area contributed by atoms with Crippen LogP contribution in [0.15, 0.2) is 24.3 Å². The van der Waals surface area contributed by atoms with Crippen LogP contribution in [0.3, 0.4) is 0 Å². The van der Waals surface area contributed by atoms with Gasteiger partial charge in [0.15, 0.2) is 0 Å². The number of carbonyl (C=O) groups is 1. The van der Waals surface area contributed by atoms with E-state index < -0.39 is 0 Å². The standard InChI is InChI=1S/C19H27N3O/c1-6-16-7-9-17(10-8-16)13(2)20-19(23)12-11-18-14(3)21-22(5)15(18)4/h7-10,13H,6,11-12H2,1-5H3,(H,20,23). The van der Waals surface area contributed by atoms with Crippen molar-refractivity contribution < 1.29 is 4.79 Å². The topological polar surface area (TPSA) is 46.9 Å². The van der Waals surface area contributed by atoms with Gasteiger partial charge in [-0.2, -0.15) is 5.10 Å². The second kappa shape index (κ2) is 7.44. The van der Waals surface area contributed by atoms with Crippen molar-refractivity contribution in [2.75, 3.05) is 0 Å². The van der Waals surface area contributed by atoms with Gasteiger partial charge < -0.3 is 5.32 Å². The summed E-state index contributed by atoms with van der Waals surface area (Å²) in [6.45, 7) is 8.21. The maximum Gasteiger partial charge on any atom is 0.220 e. The second-order valence-electron chi connectivity index (χ2n) is 6.16. The fourth-order valence-corrected chi connectivity index (χ4v) is 2.86. The van der Waals surface area contributed by atoms with Gasteiger partial charge >= 0.3 is 0 Å². The lowest BCUT2D eigenvalue weighted by Gasteiger charge is -2.15. The molecule has 1 heterocycles. The van der Waals surface area contributed by atoms with Crippen LogP contribution in [-0.2, 0) is 24.7 Å². The SMILES string of the molecule is CCc1ccc(C(C)NC(=O)CCc2c(C)nn(C)c2C)cc1. The van der Waals surface area contributed by atoms with Gasteiger partial charge in [0.25, 0.3) is 0 Å². The molecule has 1 atom stereocenters. The van der Waals surface area contributed by atoms with Gasteiger partial charge in [-0.15, -0.1) is 0 Å². The molecule has 4 nitrogen and oxygen atoms in total. The summed E-state index contributed by atoms with van der Waals surface area (Å²) in [7, 11) is 1.94. The van der Waals surface area contributed by atoms with Crippen LogP contribution in [0, 0.1) is 13.8 Å². The summed E-state index contributed by atoms with van der Waals surface area (Å²) < 4.78 is 1.88. The Morgan fingerprint density at radius 1 is 1.26 bits per heavy atom. The van der Waals surface area contributed by atoms with E-state index in [4.69, 9.17) is 0 Å². The zero-order valence-corrected chi connectivity index (χ0v) is 14.8. The Morgan fingerprint density at radius 3 is 2.43 bits per heavy atom. The van der Waals surface area contributed by atoms with Crippen molar-refractivity contribution in [3.8, 4) is 0 Å². The summed E-state index contributed by atoms with van der Waals surface area (Å²) in [6.07, 6.45) is 2.26. The van der Waals surface area contributed by atoms with Gasteiger partial charge in [-0.05, 0) is 50.3 Å². The highest BCUT2D eigenvalue weighted by molar-refractivity contribution is 5.76. The summed E-state index contributed by atoms with van der Waals surface area (Å²) in [6, 6.07) is 8.48. The molecule has 4 heteroatoms. The average Bonchev–Trinajstić information content (AvgIpc) is 2.78. The molecule has 0 aliphatic rings. The van der Waals surface area contributed by atoms with E-state index in [1.54, 1.807) is 0 Å². The van der Waals surface area contributed by atoms with E-state index in [0.717, 1.165) is 29.8 Å². The Bertz CT molecular complexity index is 671. The van der Waals surface area contributed by atoms with Crippen LogP contribution >= 0.6 is 0 Å². The van der Waals surface area contributed by atoms with Crippen LogP contribution in [0.2, 0.25) is 0 Å². The lowest BCUT2D eigenvalue weighted by Crippen LogP contribution is -2.26. The van der Waals surface area contributed by atoms with Gasteiger partial charge in [-0.1, -0.05) is 31.2 Å². The molecule has 0 aliphatic carbocycles. The van der Waals surface area contributed by atoms with Crippen molar-refractivity contribution in [1.29, 1.82) is 0 Å². The smallest absolute Gasteiger partial charge is 0.220 e. The van der Waals surface area contributed by atoms with Crippen molar-refractivity contribution >= 4 is 5.91 Å². The fraction of sp³-hybridized carbons (Fsp3) is 0.474. The van der Waals surface area contributed by atoms with Crippen LogP contribution in [0.25, 0.3) is 0 Å². The Kier molecular flexibility index (Phi) is 5.59. The number of nitrogens with zero attached hydrogens (tertiary/aromatic N) is 2. The minimum Gasteiger partial charge on any atom is -0.350 e. The number of amides is 1. The largest absolute Gasteiger partial charge is 0.350 e. The van der Waals surface area contributed by atoms with Gasteiger partial charge in [-0.25, -0.2) is 0 Å². The highest BCUT2D eigenvalue weighted by Crippen LogP contribution is 2.16. The quantitative estimate of drug-likeness (QED) is 0.888. The minimum atomic E-state index is 0.0319. The molecule has 1 aromatic heterocycles. The molecule has 124 valence electrons. The van der Waals surface area contributed by atoms with E-state index in [1.807, 2.05) is 32.5 Å². The Hall–Kier alpha value is -2.10. The molecule has 0 fully saturated rings. The molecular formula is C19H27N3O. The van der Waals surface area contributed by atoms with E-state index >= 15 is 0 Å². The van der Waals surface area contributed by atoms with Crippen LogP contribution in [0.4, 0.5) is 0 Å². The van der Waals surface area contributed by atoms with Gasteiger partial charge in [0.05, 0.1) is 11.7 Å². The Morgan fingerprint density at radius 2 is 1.91 bits per heavy atom. The van der Waals surface area contributed by atoms with E-state index in [-0.39, 0.29) is 11.9 Å². The number of carbonyl (C=O) groups excluding carboxylic acids is 1. The third-order valence-corrected chi connectivity index (χ3v) is 4.53. The predicted octanol–water partition coefficient (Wildman–Crippen LogP) is 3.41. The lowest BCUT2D eigenvalue weighted by atomic mass is 10.0. The number of aromatic nitrogens is 2. The van der Waals surface area contributed by atoms with Crippen molar-refractivity contribution in [2.45, 2.75) is 53.0 Å². The van der Waals surface area contributed by atoms with Crippen LogP contribution in [0.5, 0.6) is 0 Å². The normalized spacial score (nSPS) is 12.2. The van der Waals surface area contributed by atoms with Crippen molar-refractivity contribution in [3.05, 3.63) is 52.3 Å². The summed E-state index contributed by atoms with van der Waals surface area (Å²) in [5, 5.41) is 7.48. The van der Waals surface area contributed by atoms with Crippen molar-refractivity contribution in [1.82, 2.24) is 15.1 Å². The maximum absolute atomic E-state index is 12.2.